The highest BCUT2D eigenvalue weighted by molar-refractivity contribution is 6.15. The van der Waals surface area contributed by atoms with Crippen LogP contribution in [0.4, 0.5) is 11.4 Å². The number of fused-ring (bicyclic) bond motifs is 2. The fourth-order valence-electron chi connectivity index (χ4n) is 9.01. The van der Waals surface area contributed by atoms with E-state index < -0.39 is 93.7 Å². The lowest BCUT2D eigenvalue weighted by atomic mass is 9.83. The molecule has 6 rings (SSSR count). The summed E-state index contributed by atoms with van der Waals surface area (Å²) in [5, 5.41) is 116. The number of non-ortho nitro benzene ring substituents is 2. The second kappa shape index (κ2) is 20.2. The third-order valence-electron chi connectivity index (χ3n) is 12.2. The van der Waals surface area contributed by atoms with Crippen molar-refractivity contribution in [3.8, 4) is 45.6 Å². The van der Waals surface area contributed by atoms with Crippen LogP contribution in [0.1, 0.15) is 96.2 Å². The summed E-state index contributed by atoms with van der Waals surface area (Å²) in [5.74, 6) is -3.91. The van der Waals surface area contributed by atoms with Crippen LogP contribution in [-0.4, -0.2) is 103 Å². The molecule has 0 aliphatic rings. The smallest absolute Gasteiger partial charge is 0.269 e. The zero-order chi connectivity index (χ0) is 50.0. The Bertz CT molecular complexity index is 2770. The maximum atomic E-state index is 12.6. The van der Waals surface area contributed by atoms with Crippen molar-refractivity contribution in [2.24, 2.45) is 9.98 Å². The van der Waals surface area contributed by atoms with Crippen LogP contribution in [0.15, 0.2) is 70.6 Å². The van der Waals surface area contributed by atoms with E-state index in [-0.39, 0.29) is 44.4 Å². The molecule has 0 aliphatic heterocycles. The molecule has 6 aromatic carbocycles. The number of ether oxygens (including phenoxy) is 2. The molecule has 358 valence electrons. The average molecular weight is 935 g/mol. The minimum absolute atomic E-state index is 0.0223. The zero-order valence-corrected chi connectivity index (χ0v) is 38.6. The maximum Gasteiger partial charge on any atom is 0.269 e. The van der Waals surface area contributed by atoms with Crippen molar-refractivity contribution in [2.75, 3.05) is 27.4 Å². The second-order valence-corrected chi connectivity index (χ2v) is 17.1. The summed E-state index contributed by atoms with van der Waals surface area (Å²) in [6.07, 6.45) is 0.490. The van der Waals surface area contributed by atoms with Gasteiger partial charge in [0.1, 0.15) is 35.8 Å². The normalized spacial score (nSPS) is 13.9. The second-order valence-electron chi connectivity index (χ2n) is 17.1. The van der Waals surface area contributed by atoms with E-state index in [9.17, 15) is 61.1 Å². The van der Waals surface area contributed by atoms with Gasteiger partial charge < -0.3 is 50.3 Å². The van der Waals surface area contributed by atoms with Crippen molar-refractivity contribution >= 4 is 45.3 Å². The summed E-state index contributed by atoms with van der Waals surface area (Å²) < 4.78 is 11.3. The Kier molecular flexibility index (Phi) is 14.9. The molecule has 8 N–H and O–H groups in total. The molecule has 0 bridgehead atoms. The summed E-state index contributed by atoms with van der Waals surface area (Å²) in [7, 11) is 2.73. The Labute approximate surface area is 390 Å². The van der Waals surface area contributed by atoms with Gasteiger partial charge in [-0.2, -0.15) is 0 Å². The van der Waals surface area contributed by atoms with E-state index in [1.165, 1.54) is 75.2 Å². The van der Waals surface area contributed by atoms with Gasteiger partial charge in [-0.3, -0.25) is 30.2 Å². The van der Waals surface area contributed by atoms with Crippen LogP contribution in [0, 0.1) is 34.1 Å². The summed E-state index contributed by atoms with van der Waals surface area (Å²) in [4.78, 5) is 30.6. The molecule has 18 nitrogen and oxygen atoms in total. The van der Waals surface area contributed by atoms with Gasteiger partial charge in [-0.1, -0.05) is 39.8 Å². The number of rotatable bonds is 17. The third-order valence-corrected chi connectivity index (χ3v) is 12.2. The van der Waals surface area contributed by atoms with Gasteiger partial charge in [0.2, 0.25) is 0 Å². The Balaban J connectivity index is 1.61. The number of nitro groups is 2. The Morgan fingerprint density at radius 3 is 1.15 bits per heavy atom. The first kappa shape index (κ1) is 50.0. The summed E-state index contributed by atoms with van der Waals surface area (Å²) in [6, 6.07) is 12.2. The van der Waals surface area contributed by atoms with Crippen LogP contribution in [0.3, 0.4) is 0 Å². The van der Waals surface area contributed by atoms with E-state index in [0.29, 0.717) is 44.2 Å². The van der Waals surface area contributed by atoms with E-state index >= 15 is 0 Å². The summed E-state index contributed by atoms with van der Waals surface area (Å²) in [6.45, 7) is 9.34. The monoisotopic (exact) mass is 934 g/mol. The fourth-order valence-corrected chi connectivity index (χ4v) is 9.01. The lowest BCUT2D eigenvalue weighted by Crippen LogP contribution is -2.23. The molecule has 6 aromatic rings. The van der Waals surface area contributed by atoms with Gasteiger partial charge in [0, 0.05) is 95.1 Å². The largest absolute Gasteiger partial charge is 0.507 e. The van der Waals surface area contributed by atoms with Crippen LogP contribution >= 0.6 is 0 Å². The number of aryl methyl sites for hydroxylation is 2. The summed E-state index contributed by atoms with van der Waals surface area (Å²) in [5.41, 5.74) is 1.88. The minimum Gasteiger partial charge on any atom is -0.507 e. The van der Waals surface area contributed by atoms with Gasteiger partial charge in [0.05, 0.1) is 23.1 Å². The molecular formula is C50H54N4O14. The topological polar surface area (TPSA) is 291 Å². The van der Waals surface area contributed by atoms with Gasteiger partial charge in [-0.05, 0) is 83.0 Å². The predicted octanol–water partition coefficient (Wildman–Crippen LogP) is 8.91. The van der Waals surface area contributed by atoms with Crippen molar-refractivity contribution in [2.45, 2.75) is 77.7 Å². The lowest BCUT2D eigenvalue weighted by molar-refractivity contribution is -0.385. The molecule has 0 spiro atoms. The number of phenolic OH excluding ortho intramolecular Hbond substituents is 6. The predicted molar refractivity (Wildman–Crippen MR) is 257 cm³/mol. The van der Waals surface area contributed by atoms with Crippen LogP contribution < -0.4 is 0 Å². The molecule has 18 heteroatoms. The number of nitro benzene ring substituents is 2. The molecule has 0 aliphatic carbocycles. The number of phenols is 6. The first-order valence-electron chi connectivity index (χ1n) is 21.5. The highest BCUT2D eigenvalue weighted by atomic mass is 16.6. The van der Waals surface area contributed by atoms with E-state index in [4.69, 9.17) is 9.47 Å². The maximum absolute atomic E-state index is 12.6. The zero-order valence-electron chi connectivity index (χ0n) is 38.6. The molecule has 0 saturated carbocycles. The molecule has 0 aromatic heterocycles. The number of aliphatic hydroxyl groups is 2. The van der Waals surface area contributed by atoms with Crippen LogP contribution in [-0.2, 0) is 9.47 Å². The standard InChI is InChI=1S/C50H54N4O14/c1-23(2)37-31-17-25(5)39(45(59)41(31)33(43(57)47(37)61)19-51-35(21-55)49(67-7)27-9-13-29(14-10-27)53(63)64)40-26(6)18-32-38(24(3)4)48(62)44(58)34(42(32)46(40)60)20-52-36(22-56)50(68-8)28-11-15-30(16-12-28)54(65)66/h9-20,23-24,35-36,49-50,55-62H,21-22H2,1-8H3/t35-,36-,49-,50-/m0/s1. The first-order valence-corrected chi connectivity index (χ1v) is 21.5. The molecule has 0 heterocycles. The van der Waals surface area contributed by atoms with Crippen LogP contribution in [0.2, 0.25) is 0 Å². The molecular weight excluding hydrogens is 881 g/mol. The molecule has 0 amide bonds. The van der Waals surface area contributed by atoms with Gasteiger partial charge in [0.15, 0.2) is 23.0 Å². The fraction of sp³-hybridized carbons (Fsp3) is 0.320. The number of benzene rings is 6. The van der Waals surface area contributed by atoms with Gasteiger partial charge >= 0.3 is 0 Å². The Morgan fingerprint density at radius 2 is 0.882 bits per heavy atom. The quantitative estimate of drug-likeness (QED) is 0.0183. The van der Waals surface area contributed by atoms with Gasteiger partial charge in [-0.25, -0.2) is 0 Å². The molecule has 4 atom stereocenters. The number of hydrogen-bond acceptors (Lipinski definition) is 16. The summed E-state index contributed by atoms with van der Waals surface area (Å²) >= 11 is 0. The molecule has 0 radical (unpaired) electrons. The van der Waals surface area contributed by atoms with Crippen molar-refractivity contribution in [1.82, 2.24) is 0 Å². The van der Waals surface area contributed by atoms with E-state index in [1.807, 2.05) is 0 Å². The van der Waals surface area contributed by atoms with Crippen LogP contribution in [0.25, 0.3) is 32.7 Å². The number of hydrogen-bond donors (Lipinski definition) is 8. The lowest BCUT2D eigenvalue weighted by Gasteiger charge is -2.24. The number of nitrogens with zero attached hydrogens (tertiary/aromatic N) is 4. The van der Waals surface area contributed by atoms with E-state index in [2.05, 4.69) is 9.98 Å². The van der Waals surface area contributed by atoms with Crippen molar-refractivity contribution in [1.29, 1.82) is 0 Å². The number of aliphatic imine (C=N–C) groups is 2. The molecule has 0 fully saturated rings. The van der Waals surface area contributed by atoms with E-state index in [1.54, 1.807) is 53.7 Å². The van der Waals surface area contributed by atoms with Gasteiger partial charge in [-0.15, -0.1) is 0 Å². The Morgan fingerprint density at radius 1 is 0.559 bits per heavy atom. The first-order chi connectivity index (χ1) is 32.2. The van der Waals surface area contributed by atoms with Crippen LogP contribution in [0.5, 0.6) is 34.5 Å². The SMILES string of the molecule is CO[C@@H](c1ccc([N+](=O)[O-])cc1)[C@H](CO)N=Cc1c(O)c(O)c(C(C)C)c2cc(C)c(-c3c(C)cc4c(C(C)C)c(O)c(O)c(C=N[C@@H](CO)[C@@H](OC)c5ccc([N+](=O)[O-])cc5)c4c3O)c(O)c12. The highest BCUT2D eigenvalue weighted by Gasteiger charge is 2.31. The molecule has 0 saturated heterocycles. The van der Waals surface area contributed by atoms with Crippen molar-refractivity contribution in [3.63, 3.8) is 0 Å². The number of methoxy groups -OCH3 is 2. The highest BCUT2D eigenvalue weighted by Crippen LogP contribution is 2.54. The van der Waals surface area contributed by atoms with Crippen molar-refractivity contribution < 1.29 is 60.2 Å². The van der Waals surface area contributed by atoms with Gasteiger partial charge in [0.25, 0.3) is 11.4 Å². The van der Waals surface area contributed by atoms with Crippen molar-refractivity contribution in [3.05, 3.63) is 125 Å². The number of aliphatic hydroxyl groups excluding tert-OH is 2. The Hall–Kier alpha value is -7.38. The minimum atomic E-state index is -1.06. The third kappa shape index (κ3) is 9.05. The van der Waals surface area contributed by atoms with E-state index in [0.717, 1.165) is 0 Å². The number of aromatic hydroxyl groups is 6. The molecule has 0 unspecified atom stereocenters. The molecule has 68 heavy (non-hydrogen) atoms. The average Bonchev–Trinajstić information content (AvgIpc) is 3.29.